The van der Waals surface area contributed by atoms with Crippen molar-refractivity contribution >= 4 is 11.6 Å². The van der Waals surface area contributed by atoms with E-state index in [4.69, 9.17) is 0 Å². The van der Waals surface area contributed by atoms with Crippen molar-refractivity contribution in [1.82, 2.24) is 0 Å². The molecule has 0 bridgehead atoms. The van der Waals surface area contributed by atoms with Crippen LogP contribution in [0.1, 0.15) is 122 Å². The van der Waals surface area contributed by atoms with Crippen LogP contribution in [0.4, 0.5) is 0 Å². The van der Waals surface area contributed by atoms with Gasteiger partial charge in [-0.3, -0.25) is 9.59 Å². The minimum atomic E-state index is -0.357. The molecule has 1 aromatic rings. The first-order valence-electron chi connectivity index (χ1n) is 13.7. The fraction of sp³-hybridized carbons (Fsp3) is 0.733. The molecule has 0 N–H and O–H groups in total. The van der Waals surface area contributed by atoms with Gasteiger partial charge in [0.1, 0.15) is 5.78 Å². The standard InChI is InChI=1S/C30H46O2/c1-3-5-8-12-23-16-19-26(20-17-23)29(25-14-10-7-11-15-25)30(32)27-21-18-24(22-28(27)31)13-9-6-4-2/h7,10-11,14-15,23-24,26-27,29H,3-6,8-9,12-13,16-22H2,1-2H3. The van der Waals surface area contributed by atoms with Crippen LogP contribution in [0.3, 0.4) is 0 Å². The van der Waals surface area contributed by atoms with Gasteiger partial charge in [-0.15, -0.1) is 0 Å². The van der Waals surface area contributed by atoms with Crippen molar-refractivity contribution in [2.24, 2.45) is 23.7 Å². The Balaban J connectivity index is 1.64. The minimum absolute atomic E-state index is 0.0848. The van der Waals surface area contributed by atoms with Crippen molar-refractivity contribution in [3.05, 3.63) is 35.9 Å². The zero-order valence-corrected chi connectivity index (χ0v) is 20.7. The number of rotatable bonds is 12. The van der Waals surface area contributed by atoms with Gasteiger partial charge < -0.3 is 0 Å². The normalized spacial score (nSPS) is 27.2. The van der Waals surface area contributed by atoms with E-state index in [1.807, 2.05) is 6.07 Å². The number of carbonyl (C=O) groups is 2. The quantitative estimate of drug-likeness (QED) is 0.243. The molecule has 0 heterocycles. The maximum absolute atomic E-state index is 13.8. The minimum Gasteiger partial charge on any atom is -0.299 e. The number of unbranched alkanes of at least 4 members (excludes halogenated alkanes) is 4. The van der Waals surface area contributed by atoms with Gasteiger partial charge in [0.2, 0.25) is 0 Å². The largest absolute Gasteiger partial charge is 0.299 e. The molecule has 32 heavy (non-hydrogen) atoms. The van der Waals surface area contributed by atoms with Gasteiger partial charge in [-0.2, -0.15) is 0 Å². The Morgan fingerprint density at radius 2 is 1.41 bits per heavy atom. The first-order chi connectivity index (χ1) is 15.6. The third kappa shape index (κ3) is 7.03. The van der Waals surface area contributed by atoms with Crippen molar-refractivity contribution < 1.29 is 9.59 Å². The van der Waals surface area contributed by atoms with E-state index in [0.29, 0.717) is 18.3 Å². The van der Waals surface area contributed by atoms with E-state index in [2.05, 4.69) is 38.1 Å². The van der Waals surface area contributed by atoms with Crippen LogP contribution in [0.15, 0.2) is 30.3 Å². The molecule has 178 valence electrons. The molecule has 0 aliphatic heterocycles. The van der Waals surface area contributed by atoms with Gasteiger partial charge in [-0.1, -0.05) is 108 Å². The van der Waals surface area contributed by atoms with Crippen molar-refractivity contribution in [3.63, 3.8) is 0 Å². The maximum atomic E-state index is 13.8. The first-order valence-corrected chi connectivity index (χ1v) is 13.7. The predicted molar refractivity (Wildman–Crippen MR) is 134 cm³/mol. The van der Waals surface area contributed by atoms with Gasteiger partial charge in [0, 0.05) is 12.3 Å². The molecule has 2 nitrogen and oxygen atoms in total. The summed E-state index contributed by atoms with van der Waals surface area (Å²) in [7, 11) is 0. The number of hydrogen-bond acceptors (Lipinski definition) is 2. The van der Waals surface area contributed by atoms with Crippen LogP contribution in [-0.4, -0.2) is 11.6 Å². The maximum Gasteiger partial charge on any atom is 0.151 e. The van der Waals surface area contributed by atoms with E-state index < -0.39 is 0 Å². The highest BCUT2D eigenvalue weighted by Crippen LogP contribution is 2.43. The summed E-state index contributed by atoms with van der Waals surface area (Å²) in [5.41, 5.74) is 1.14. The molecule has 3 atom stereocenters. The summed E-state index contributed by atoms with van der Waals surface area (Å²) in [6, 6.07) is 10.4. The Labute approximate surface area is 197 Å². The molecule has 0 radical (unpaired) electrons. The van der Waals surface area contributed by atoms with Gasteiger partial charge in [0.25, 0.3) is 0 Å². The number of ketones is 2. The zero-order valence-electron chi connectivity index (χ0n) is 20.7. The molecule has 3 rings (SSSR count). The third-order valence-corrected chi connectivity index (χ3v) is 8.35. The molecular formula is C30H46O2. The van der Waals surface area contributed by atoms with E-state index in [1.165, 1.54) is 57.8 Å². The summed E-state index contributed by atoms with van der Waals surface area (Å²) in [6.45, 7) is 4.50. The molecule has 2 heteroatoms. The van der Waals surface area contributed by atoms with Crippen molar-refractivity contribution in [2.75, 3.05) is 0 Å². The van der Waals surface area contributed by atoms with E-state index in [1.54, 1.807) is 0 Å². The number of Topliss-reactive ketones (excluding diaryl/α,β-unsaturated/α-hetero) is 2. The van der Waals surface area contributed by atoms with Crippen LogP contribution < -0.4 is 0 Å². The molecule has 3 unspecified atom stereocenters. The Morgan fingerprint density at radius 1 is 0.812 bits per heavy atom. The zero-order chi connectivity index (χ0) is 22.8. The Hall–Kier alpha value is -1.44. The van der Waals surface area contributed by atoms with Gasteiger partial charge in [0.05, 0.1) is 5.92 Å². The fourth-order valence-corrected chi connectivity index (χ4v) is 6.36. The van der Waals surface area contributed by atoms with E-state index in [-0.39, 0.29) is 23.4 Å². The molecule has 0 saturated heterocycles. The second kappa shape index (κ2) is 13.3. The summed E-state index contributed by atoms with van der Waals surface area (Å²) in [5, 5.41) is 0. The second-order valence-electron chi connectivity index (χ2n) is 10.7. The monoisotopic (exact) mass is 438 g/mol. The Morgan fingerprint density at radius 3 is 2.00 bits per heavy atom. The van der Waals surface area contributed by atoms with Crippen molar-refractivity contribution in [1.29, 1.82) is 0 Å². The lowest BCUT2D eigenvalue weighted by molar-refractivity contribution is -0.137. The molecule has 0 amide bonds. The topological polar surface area (TPSA) is 34.1 Å². The van der Waals surface area contributed by atoms with E-state index in [0.717, 1.165) is 43.6 Å². The summed E-state index contributed by atoms with van der Waals surface area (Å²) in [6.07, 6.45) is 17.4. The summed E-state index contributed by atoms with van der Waals surface area (Å²) in [5.74, 6) is 1.78. The van der Waals surface area contributed by atoms with Crippen LogP contribution in [0.5, 0.6) is 0 Å². The van der Waals surface area contributed by atoms with Crippen molar-refractivity contribution in [3.8, 4) is 0 Å². The molecule has 0 aromatic heterocycles. The molecule has 2 aliphatic rings. The summed E-state index contributed by atoms with van der Waals surface area (Å²) >= 11 is 0. The first kappa shape index (κ1) is 25.2. The SMILES string of the molecule is CCCCCC1CCC(C(C(=O)C2CCC(CCCCC)CC2=O)c2ccccc2)CC1. The van der Waals surface area contributed by atoms with Gasteiger partial charge >= 0.3 is 0 Å². The highest BCUT2D eigenvalue weighted by Gasteiger charge is 2.40. The average Bonchev–Trinajstić information content (AvgIpc) is 2.81. The van der Waals surface area contributed by atoms with Gasteiger partial charge in [-0.25, -0.2) is 0 Å². The predicted octanol–water partition coefficient (Wildman–Crippen LogP) is 8.29. The highest BCUT2D eigenvalue weighted by atomic mass is 16.2. The molecule has 2 aliphatic carbocycles. The van der Waals surface area contributed by atoms with E-state index in [9.17, 15) is 9.59 Å². The van der Waals surface area contributed by atoms with Crippen LogP contribution in [-0.2, 0) is 9.59 Å². The van der Waals surface area contributed by atoms with Gasteiger partial charge in [-0.05, 0) is 49.0 Å². The molecule has 2 fully saturated rings. The third-order valence-electron chi connectivity index (χ3n) is 8.35. The lowest BCUT2D eigenvalue weighted by atomic mass is 9.67. The molecule has 0 spiro atoms. The number of benzene rings is 1. The van der Waals surface area contributed by atoms with Crippen LogP contribution in [0, 0.1) is 23.7 Å². The molecule has 2 saturated carbocycles. The Bertz CT molecular complexity index is 686. The lowest BCUT2D eigenvalue weighted by Gasteiger charge is -2.36. The highest BCUT2D eigenvalue weighted by molar-refractivity contribution is 6.05. The number of hydrogen-bond donors (Lipinski definition) is 0. The van der Waals surface area contributed by atoms with Crippen LogP contribution in [0.2, 0.25) is 0 Å². The fourth-order valence-electron chi connectivity index (χ4n) is 6.36. The Kier molecular flexibility index (Phi) is 10.5. The van der Waals surface area contributed by atoms with Crippen LogP contribution in [0.25, 0.3) is 0 Å². The smallest absolute Gasteiger partial charge is 0.151 e. The lowest BCUT2D eigenvalue weighted by Crippen LogP contribution is -2.37. The van der Waals surface area contributed by atoms with Crippen LogP contribution >= 0.6 is 0 Å². The molecular weight excluding hydrogens is 392 g/mol. The second-order valence-corrected chi connectivity index (χ2v) is 10.7. The van der Waals surface area contributed by atoms with Gasteiger partial charge in [0.15, 0.2) is 5.78 Å². The van der Waals surface area contributed by atoms with E-state index >= 15 is 0 Å². The average molecular weight is 439 g/mol. The molecule has 1 aromatic carbocycles. The van der Waals surface area contributed by atoms with Crippen molar-refractivity contribution in [2.45, 2.75) is 116 Å². The summed E-state index contributed by atoms with van der Waals surface area (Å²) < 4.78 is 0. The number of carbonyl (C=O) groups excluding carboxylic acids is 2. The summed E-state index contributed by atoms with van der Waals surface area (Å²) in [4.78, 5) is 26.9.